The molecule has 74 valence electrons. The summed E-state index contributed by atoms with van der Waals surface area (Å²) >= 11 is 0. The molecule has 2 rings (SSSR count). The van der Waals surface area contributed by atoms with Crippen LogP contribution in [0.2, 0.25) is 0 Å². The molecule has 0 bridgehead atoms. The van der Waals surface area contributed by atoms with E-state index in [0.29, 0.717) is 6.04 Å². The number of carbonyl (C=O) groups is 1. The highest BCUT2D eigenvalue weighted by molar-refractivity contribution is 5.83. The van der Waals surface area contributed by atoms with Crippen molar-refractivity contribution in [3.63, 3.8) is 0 Å². The average molecular weight is 183 g/mol. The fraction of sp³-hybridized carbons (Fsp3) is 0.900. The van der Waals surface area contributed by atoms with E-state index in [-0.39, 0.29) is 11.3 Å². The lowest BCUT2D eigenvalue weighted by Gasteiger charge is -2.40. The summed E-state index contributed by atoms with van der Waals surface area (Å²) in [4.78, 5) is 11.8. The van der Waals surface area contributed by atoms with Crippen molar-refractivity contribution in [1.29, 1.82) is 0 Å². The summed E-state index contributed by atoms with van der Waals surface area (Å²) in [6, 6.07) is 0.362. The Balaban J connectivity index is 2.08. The van der Waals surface area contributed by atoms with Gasteiger partial charge in [0, 0.05) is 19.3 Å². The topological polar surface area (TPSA) is 38.3 Å². The SMILES string of the molecule is CC1CCC2(CCOCC2)C(=O)N1. The number of rotatable bonds is 0. The lowest BCUT2D eigenvalue weighted by molar-refractivity contribution is -0.141. The van der Waals surface area contributed by atoms with Gasteiger partial charge >= 0.3 is 0 Å². The first-order chi connectivity index (χ1) is 6.23. The van der Waals surface area contributed by atoms with Crippen molar-refractivity contribution in [3.05, 3.63) is 0 Å². The Bertz CT molecular complexity index is 209. The molecule has 0 aromatic rings. The molecule has 0 aliphatic carbocycles. The van der Waals surface area contributed by atoms with Gasteiger partial charge < -0.3 is 10.1 Å². The van der Waals surface area contributed by atoms with Crippen LogP contribution in [0.25, 0.3) is 0 Å². The zero-order valence-corrected chi connectivity index (χ0v) is 8.14. The molecule has 2 heterocycles. The van der Waals surface area contributed by atoms with Crippen molar-refractivity contribution in [2.75, 3.05) is 13.2 Å². The third-order valence-electron chi connectivity index (χ3n) is 3.36. The van der Waals surface area contributed by atoms with Gasteiger partial charge in [-0.05, 0) is 32.6 Å². The van der Waals surface area contributed by atoms with Gasteiger partial charge in [0.15, 0.2) is 0 Å². The quantitative estimate of drug-likeness (QED) is 0.610. The minimum atomic E-state index is -0.0786. The molecular formula is C10H17NO2. The monoisotopic (exact) mass is 183 g/mol. The van der Waals surface area contributed by atoms with Crippen molar-refractivity contribution in [3.8, 4) is 0 Å². The molecule has 3 nitrogen and oxygen atoms in total. The first kappa shape index (κ1) is 9.00. The molecule has 13 heavy (non-hydrogen) atoms. The summed E-state index contributed by atoms with van der Waals surface area (Å²) in [6.07, 6.45) is 3.98. The summed E-state index contributed by atoms with van der Waals surface area (Å²) in [5, 5.41) is 3.05. The van der Waals surface area contributed by atoms with E-state index < -0.39 is 0 Å². The minimum absolute atomic E-state index is 0.0786. The lowest BCUT2D eigenvalue weighted by Crippen LogP contribution is -2.52. The molecule has 1 amide bonds. The van der Waals surface area contributed by atoms with Gasteiger partial charge in [-0.25, -0.2) is 0 Å². The Labute approximate surface area is 78.8 Å². The zero-order valence-electron chi connectivity index (χ0n) is 8.14. The van der Waals surface area contributed by atoms with Gasteiger partial charge in [0.05, 0.1) is 5.41 Å². The Kier molecular flexibility index (Phi) is 2.28. The van der Waals surface area contributed by atoms with Crippen LogP contribution in [0, 0.1) is 5.41 Å². The summed E-state index contributed by atoms with van der Waals surface area (Å²) in [7, 11) is 0. The van der Waals surface area contributed by atoms with Crippen LogP contribution in [0.1, 0.15) is 32.6 Å². The van der Waals surface area contributed by atoms with Crippen LogP contribution in [-0.2, 0) is 9.53 Å². The molecule has 1 atom stereocenters. The predicted octanol–water partition coefficient (Wildman–Crippen LogP) is 1.08. The largest absolute Gasteiger partial charge is 0.381 e. The van der Waals surface area contributed by atoms with Crippen molar-refractivity contribution in [2.45, 2.75) is 38.6 Å². The molecule has 1 unspecified atom stereocenters. The summed E-state index contributed by atoms with van der Waals surface area (Å²) in [5.74, 6) is 0.259. The number of ether oxygens (including phenoxy) is 1. The highest BCUT2D eigenvalue weighted by Gasteiger charge is 2.42. The molecule has 1 N–H and O–H groups in total. The number of carbonyl (C=O) groups excluding carboxylic acids is 1. The number of piperidine rings is 1. The number of hydrogen-bond donors (Lipinski definition) is 1. The van der Waals surface area contributed by atoms with E-state index >= 15 is 0 Å². The Morgan fingerprint density at radius 1 is 1.38 bits per heavy atom. The van der Waals surface area contributed by atoms with Crippen LogP contribution in [0.4, 0.5) is 0 Å². The molecule has 2 fully saturated rings. The first-order valence-corrected chi connectivity index (χ1v) is 5.12. The molecule has 2 aliphatic rings. The molecule has 3 heteroatoms. The normalized spacial score (nSPS) is 33.0. The minimum Gasteiger partial charge on any atom is -0.381 e. The van der Waals surface area contributed by atoms with E-state index in [1.807, 2.05) is 0 Å². The highest BCUT2D eigenvalue weighted by atomic mass is 16.5. The molecule has 0 saturated carbocycles. The Morgan fingerprint density at radius 2 is 2.08 bits per heavy atom. The van der Waals surface area contributed by atoms with Crippen molar-refractivity contribution in [2.24, 2.45) is 5.41 Å². The number of nitrogens with one attached hydrogen (secondary N) is 1. The highest BCUT2D eigenvalue weighted by Crippen LogP contribution is 2.38. The molecular weight excluding hydrogens is 166 g/mol. The standard InChI is InChI=1S/C10H17NO2/c1-8-2-3-10(9(12)11-8)4-6-13-7-5-10/h8H,2-7H2,1H3,(H,11,12). The van der Waals surface area contributed by atoms with Gasteiger partial charge in [-0.2, -0.15) is 0 Å². The zero-order chi connectivity index (χ0) is 9.31. The van der Waals surface area contributed by atoms with Crippen molar-refractivity contribution < 1.29 is 9.53 Å². The van der Waals surface area contributed by atoms with Gasteiger partial charge in [0.25, 0.3) is 0 Å². The van der Waals surface area contributed by atoms with E-state index in [2.05, 4.69) is 12.2 Å². The molecule has 0 aromatic heterocycles. The number of hydrogen-bond acceptors (Lipinski definition) is 2. The van der Waals surface area contributed by atoms with Gasteiger partial charge in [0.1, 0.15) is 0 Å². The Morgan fingerprint density at radius 3 is 2.69 bits per heavy atom. The summed E-state index contributed by atoms with van der Waals surface area (Å²) in [6.45, 7) is 3.58. The van der Waals surface area contributed by atoms with Crippen molar-refractivity contribution >= 4 is 5.91 Å². The second-order valence-corrected chi connectivity index (χ2v) is 4.31. The maximum atomic E-state index is 11.8. The van der Waals surface area contributed by atoms with Crippen LogP contribution >= 0.6 is 0 Å². The van der Waals surface area contributed by atoms with E-state index in [9.17, 15) is 4.79 Å². The smallest absolute Gasteiger partial charge is 0.226 e. The van der Waals surface area contributed by atoms with Gasteiger partial charge in [0.2, 0.25) is 5.91 Å². The second kappa shape index (κ2) is 3.29. The lowest BCUT2D eigenvalue weighted by atomic mass is 9.72. The van der Waals surface area contributed by atoms with E-state index in [4.69, 9.17) is 4.74 Å². The Hall–Kier alpha value is -0.570. The van der Waals surface area contributed by atoms with Crippen LogP contribution < -0.4 is 5.32 Å². The van der Waals surface area contributed by atoms with Gasteiger partial charge in [-0.3, -0.25) is 4.79 Å². The fourth-order valence-corrected chi connectivity index (χ4v) is 2.29. The molecule has 0 radical (unpaired) electrons. The summed E-state index contributed by atoms with van der Waals surface area (Å²) < 4.78 is 5.29. The van der Waals surface area contributed by atoms with E-state index in [1.165, 1.54) is 0 Å². The van der Waals surface area contributed by atoms with Crippen LogP contribution in [0.3, 0.4) is 0 Å². The molecule has 1 spiro atoms. The third kappa shape index (κ3) is 1.57. The molecule has 2 aliphatic heterocycles. The summed E-state index contributed by atoms with van der Waals surface area (Å²) in [5.41, 5.74) is -0.0786. The predicted molar refractivity (Wildman–Crippen MR) is 49.3 cm³/mol. The van der Waals surface area contributed by atoms with Crippen LogP contribution in [-0.4, -0.2) is 25.2 Å². The van der Waals surface area contributed by atoms with Crippen LogP contribution in [0.15, 0.2) is 0 Å². The van der Waals surface area contributed by atoms with Crippen molar-refractivity contribution in [1.82, 2.24) is 5.32 Å². The fourth-order valence-electron chi connectivity index (χ4n) is 2.29. The van der Waals surface area contributed by atoms with E-state index in [1.54, 1.807) is 0 Å². The van der Waals surface area contributed by atoms with Gasteiger partial charge in [-0.1, -0.05) is 0 Å². The third-order valence-corrected chi connectivity index (χ3v) is 3.36. The molecule has 2 saturated heterocycles. The maximum absolute atomic E-state index is 11.8. The molecule has 0 aromatic carbocycles. The van der Waals surface area contributed by atoms with Crippen LogP contribution in [0.5, 0.6) is 0 Å². The average Bonchev–Trinajstić information content (AvgIpc) is 2.14. The number of amides is 1. The van der Waals surface area contributed by atoms with Gasteiger partial charge in [-0.15, -0.1) is 0 Å². The second-order valence-electron chi connectivity index (χ2n) is 4.31. The first-order valence-electron chi connectivity index (χ1n) is 5.12. The maximum Gasteiger partial charge on any atom is 0.226 e. The van der Waals surface area contributed by atoms with E-state index in [0.717, 1.165) is 38.9 Å².